The maximum absolute atomic E-state index is 11.8. The molecule has 0 aliphatic carbocycles. The molecule has 2 N–H and O–H groups in total. The van der Waals surface area contributed by atoms with E-state index in [2.05, 4.69) is 15.3 Å². The van der Waals surface area contributed by atoms with Gasteiger partial charge in [-0.3, -0.25) is 4.79 Å². The molecular weight excluding hydrogens is 238 g/mol. The Hall–Kier alpha value is -2.70. The molecule has 0 unspecified atom stereocenters. The van der Waals surface area contributed by atoms with Crippen molar-refractivity contribution in [2.75, 3.05) is 5.32 Å². The molecule has 0 bridgehead atoms. The molecule has 2 heterocycles. The van der Waals surface area contributed by atoms with Crippen LogP contribution in [0, 0.1) is 6.92 Å². The topological polar surface area (TPSA) is 105 Å². The molecule has 0 fully saturated rings. The van der Waals surface area contributed by atoms with Crippen molar-refractivity contribution >= 4 is 17.6 Å². The molecule has 2 rings (SSSR count). The van der Waals surface area contributed by atoms with E-state index in [0.29, 0.717) is 5.69 Å². The SMILES string of the molecule is Cc1ncoc1C(=O)Nc1cccnc1C(=O)O. The summed E-state index contributed by atoms with van der Waals surface area (Å²) in [5.41, 5.74) is 0.294. The van der Waals surface area contributed by atoms with Crippen molar-refractivity contribution in [2.24, 2.45) is 0 Å². The minimum absolute atomic E-state index is 0.0372. The van der Waals surface area contributed by atoms with E-state index in [1.54, 1.807) is 6.92 Å². The summed E-state index contributed by atoms with van der Waals surface area (Å²) in [7, 11) is 0. The number of rotatable bonds is 3. The molecule has 1 amide bonds. The number of nitrogens with zero attached hydrogens (tertiary/aromatic N) is 2. The molecule has 2 aromatic heterocycles. The summed E-state index contributed by atoms with van der Waals surface area (Å²) in [6.07, 6.45) is 2.48. The predicted octanol–water partition coefficient (Wildman–Crippen LogP) is 1.33. The fourth-order valence-electron chi connectivity index (χ4n) is 1.38. The van der Waals surface area contributed by atoms with Crippen LogP contribution in [0.15, 0.2) is 29.1 Å². The van der Waals surface area contributed by atoms with Gasteiger partial charge in [0, 0.05) is 6.20 Å². The van der Waals surface area contributed by atoms with Crippen LogP contribution in [0.1, 0.15) is 26.7 Å². The number of aromatic nitrogens is 2. The second-order valence-corrected chi connectivity index (χ2v) is 3.43. The maximum Gasteiger partial charge on any atom is 0.356 e. The molecule has 0 saturated heterocycles. The Kier molecular flexibility index (Phi) is 3.05. The number of aromatic carboxylic acids is 1. The Bertz CT molecular complexity index is 606. The molecular formula is C11H9N3O4. The molecule has 92 valence electrons. The Morgan fingerprint density at radius 1 is 1.39 bits per heavy atom. The number of amides is 1. The quantitative estimate of drug-likeness (QED) is 0.847. The van der Waals surface area contributed by atoms with Gasteiger partial charge in [0.2, 0.25) is 5.76 Å². The smallest absolute Gasteiger partial charge is 0.356 e. The van der Waals surface area contributed by atoms with Crippen LogP contribution >= 0.6 is 0 Å². The zero-order chi connectivity index (χ0) is 13.1. The number of aryl methyl sites for hydroxylation is 1. The fourth-order valence-corrected chi connectivity index (χ4v) is 1.38. The summed E-state index contributed by atoms with van der Waals surface area (Å²) < 4.78 is 4.91. The summed E-state index contributed by atoms with van der Waals surface area (Å²) in [5, 5.41) is 11.3. The second kappa shape index (κ2) is 4.66. The lowest BCUT2D eigenvalue weighted by atomic mass is 10.2. The third-order valence-corrected chi connectivity index (χ3v) is 2.21. The van der Waals surface area contributed by atoms with Gasteiger partial charge in [-0.05, 0) is 19.1 Å². The van der Waals surface area contributed by atoms with Crippen molar-refractivity contribution in [1.29, 1.82) is 0 Å². The van der Waals surface area contributed by atoms with Crippen molar-refractivity contribution in [3.8, 4) is 0 Å². The van der Waals surface area contributed by atoms with E-state index in [0.717, 1.165) is 6.39 Å². The molecule has 0 aliphatic rings. The van der Waals surface area contributed by atoms with Gasteiger partial charge < -0.3 is 14.8 Å². The molecule has 0 aliphatic heterocycles. The lowest BCUT2D eigenvalue weighted by molar-refractivity contribution is 0.0691. The van der Waals surface area contributed by atoms with Crippen LogP contribution in [-0.4, -0.2) is 27.0 Å². The zero-order valence-electron chi connectivity index (χ0n) is 9.38. The van der Waals surface area contributed by atoms with Gasteiger partial charge in [-0.25, -0.2) is 14.8 Å². The average Bonchev–Trinajstić information content (AvgIpc) is 2.76. The highest BCUT2D eigenvalue weighted by atomic mass is 16.4. The number of oxazole rings is 1. The van der Waals surface area contributed by atoms with E-state index in [9.17, 15) is 9.59 Å². The number of anilines is 1. The number of hydrogen-bond donors (Lipinski definition) is 2. The summed E-state index contributed by atoms with van der Waals surface area (Å²) in [4.78, 5) is 30.2. The summed E-state index contributed by atoms with van der Waals surface area (Å²) >= 11 is 0. The van der Waals surface area contributed by atoms with Crippen LogP contribution in [0.4, 0.5) is 5.69 Å². The van der Waals surface area contributed by atoms with Crippen LogP contribution in [0.3, 0.4) is 0 Å². The first-order chi connectivity index (χ1) is 8.59. The van der Waals surface area contributed by atoms with Gasteiger partial charge in [0.1, 0.15) is 0 Å². The van der Waals surface area contributed by atoms with Crippen LogP contribution in [0.25, 0.3) is 0 Å². The van der Waals surface area contributed by atoms with Crippen LogP contribution < -0.4 is 5.32 Å². The van der Waals surface area contributed by atoms with E-state index in [1.165, 1.54) is 18.3 Å². The highest BCUT2D eigenvalue weighted by Gasteiger charge is 2.18. The van der Waals surface area contributed by atoms with Crippen molar-refractivity contribution in [2.45, 2.75) is 6.92 Å². The first-order valence-corrected chi connectivity index (χ1v) is 4.99. The van der Waals surface area contributed by atoms with Gasteiger partial charge in [-0.1, -0.05) is 0 Å². The van der Waals surface area contributed by atoms with Crippen molar-refractivity contribution in [1.82, 2.24) is 9.97 Å². The molecule has 7 heteroatoms. The molecule has 0 radical (unpaired) electrons. The predicted molar refractivity (Wildman–Crippen MR) is 60.4 cm³/mol. The molecule has 0 spiro atoms. The third-order valence-electron chi connectivity index (χ3n) is 2.21. The van der Waals surface area contributed by atoms with E-state index in [-0.39, 0.29) is 17.1 Å². The van der Waals surface area contributed by atoms with Crippen molar-refractivity contribution < 1.29 is 19.1 Å². The summed E-state index contributed by atoms with van der Waals surface area (Å²) in [5.74, 6) is -1.75. The maximum atomic E-state index is 11.8. The number of carbonyl (C=O) groups is 2. The zero-order valence-corrected chi connectivity index (χ0v) is 9.38. The highest BCUT2D eigenvalue weighted by molar-refractivity contribution is 6.06. The van der Waals surface area contributed by atoms with Gasteiger partial charge >= 0.3 is 5.97 Å². The third kappa shape index (κ3) is 2.19. The summed E-state index contributed by atoms with van der Waals surface area (Å²) in [6, 6.07) is 2.97. The molecule has 18 heavy (non-hydrogen) atoms. The molecule has 0 atom stereocenters. The normalized spacial score (nSPS) is 10.1. The number of carboxylic acid groups (broad SMARTS) is 1. The van der Waals surface area contributed by atoms with Crippen LogP contribution in [0.2, 0.25) is 0 Å². The number of carboxylic acids is 1. The second-order valence-electron chi connectivity index (χ2n) is 3.43. The first-order valence-electron chi connectivity index (χ1n) is 4.99. The number of nitrogens with one attached hydrogen (secondary N) is 1. The average molecular weight is 247 g/mol. The largest absolute Gasteiger partial charge is 0.476 e. The standard InChI is InChI=1S/C11H9N3O4/c1-6-9(18-5-13-6)10(15)14-7-3-2-4-12-8(7)11(16)17/h2-5H,1H3,(H,14,15)(H,16,17). The lowest BCUT2D eigenvalue weighted by Crippen LogP contribution is -2.16. The van der Waals surface area contributed by atoms with E-state index >= 15 is 0 Å². The van der Waals surface area contributed by atoms with Gasteiger partial charge in [0.05, 0.1) is 11.4 Å². The van der Waals surface area contributed by atoms with Gasteiger partial charge in [-0.15, -0.1) is 0 Å². The minimum Gasteiger partial charge on any atom is -0.476 e. The Balaban J connectivity index is 2.28. The van der Waals surface area contributed by atoms with Crippen LogP contribution in [0.5, 0.6) is 0 Å². The summed E-state index contributed by atoms with van der Waals surface area (Å²) in [6.45, 7) is 1.61. The number of carbonyl (C=O) groups excluding carboxylic acids is 1. The molecule has 0 saturated carbocycles. The fraction of sp³-hybridized carbons (Fsp3) is 0.0909. The van der Waals surface area contributed by atoms with Crippen LogP contribution in [-0.2, 0) is 0 Å². The Morgan fingerprint density at radius 3 is 2.78 bits per heavy atom. The Morgan fingerprint density at radius 2 is 2.17 bits per heavy atom. The minimum atomic E-state index is -1.22. The highest BCUT2D eigenvalue weighted by Crippen LogP contribution is 2.14. The van der Waals surface area contributed by atoms with Crippen molar-refractivity contribution in [3.05, 3.63) is 41.9 Å². The number of hydrogen-bond acceptors (Lipinski definition) is 5. The van der Waals surface area contributed by atoms with E-state index < -0.39 is 11.9 Å². The number of pyridine rings is 1. The van der Waals surface area contributed by atoms with E-state index in [4.69, 9.17) is 9.52 Å². The molecule has 0 aromatic carbocycles. The van der Waals surface area contributed by atoms with Gasteiger partial charge in [0.15, 0.2) is 12.1 Å². The Labute approximate surface area is 101 Å². The monoisotopic (exact) mass is 247 g/mol. The van der Waals surface area contributed by atoms with Gasteiger partial charge in [-0.2, -0.15) is 0 Å². The first kappa shape index (κ1) is 11.8. The van der Waals surface area contributed by atoms with Crippen molar-refractivity contribution in [3.63, 3.8) is 0 Å². The molecule has 7 nitrogen and oxygen atoms in total. The van der Waals surface area contributed by atoms with Gasteiger partial charge in [0.25, 0.3) is 5.91 Å². The molecule has 2 aromatic rings. The lowest BCUT2D eigenvalue weighted by Gasteiger charge is -2.05. The van der Waals surface area contributed by atoms with E-state index in [1.807, 2.05) is 0 Å².